The number of nitrogen functional groups attached to an aromatic ring is 1. The molecule has 1 aromatic carbocycles. The van der Waals surface area contributed by atoms with E-state index < -0.39 is 75.0 Å². The van der Waals surface area contributed by atoms with Gasteiger partial charge in [0.1, 0.15) is 24.6 Å². The SMILES string of the molecule is CCC(=O)O[C@H]1[C@H](c2ccc3c(N)ccnn23)O[C@](CF)(CO[P@@](=O)(N[C@@H](C)C(=O)OC(C)C)Oc2ccccc2)[C@H]1OC(=O)CC. The third-order valence-electron chi connectivity index (χ3n) is 7.22. The van der Waals surface area contributed by atoms with Crippen LogP contribution in [-0.2, 0) is 42.4 Å². The highest BCUT2D eigenvalue weighted by Gasteiger charge is 2.61. The van der Waals surface area contributed by atoms with E-state index in [1.165, 1.54) is 36.7 Å². The summed E-state index contributed by atoms with van der Waals surface area (Å²) in [7, 11) is -4.53. The van der Waals surface area contributed by atoms with Crippen LogP contribution in [-0.4, -0.2) is 70.8 Å². The maximum Gasteiger partial charge on any atom is 0.459 e. The number of hydrogen-bond donors (Lipinski definition) is 2. The zero-order valence-electron chi connectivity index (χ0n) is 26.8. The number of benzene rings is 1. The minimum absolute atomic E-state index is 0.0503. The second-order valence-electron chi connectivity index (χ2n) is 11.2. The van der Waals surface area contributed by atoms with Gasteiger partial charge in [0.25, 0.3) is 0 Å². The van der Waals surface area contributed by atoms with Crippen molar-refractivity contribution in [2.45, 2.75) is 83.5 Å². The molecule has 2 aromatic heterocycles. The quantitative estimate of drug-likeness (QED) is 0.131. The molecule has 0 aliphatic carbocycles. The van der Waals surface area contributed by atoms with Gasteiger partial charge in [-0.05, 0) is 51.1 Å². The summed E-state index contributed by atoms with van der Waals surface area (Å²) < 4.78 is 65.6. The van der Waals surface area contributed by atoms with Crippen molar-refractivity contribution < 1.29 is 51.3 Å². The standard InChI is InChI=1S/C31H40FN4O10P/c1-6-25(37)43-28-27(24-14-13-23-22(33)15-16-34-36(23)24)45-31(17-32,29(28)44-26(38)7-2)18-41-47(40,46-21-11-9-8-10-12-21)35-20(5)30(39)42-19(3)4/h8-16,19-20,27-29H,6-7,17-18,33H2,1-5H3,(H,35,40)/t20-,27-,28-,29-,31+,47-/m0/s1. The van der Waals surface area contributed by atoms with Gasteiger partial charge in [-0.25, -0.2) is 13.5 Å². The number of alkyl halides is 1. The van der Waals surface area contributed by atoms with Gasteiger partial charge in [0, 0.05) is 19.0 Å². The number of carbonyl (C=O) groups excluding carboxylic acids is 3. The lowest BCUT2D eigenvalue weighted by Gasteiger charge is -2.33. The van der Waals surface area contributed by atoms with E-state index >= 15 is 4.39 Å². The van der Waals surface area contributed by atoms with E-state index in [0.717, 1.165) is 0 Å². The second kappa shape index (κ2) is 15.2. The van der Waals surface area contributed by atoms with E-state index in [1.54, 1.807) is 57.2 Å². The van der Waals surface area contributed by atoms with Gasteiger partial charge in [-0.2, -0.15) is 10.2 Å². The van der Waals surface area contributed by atoms with Crippen LogP contribution in [0.2, 0.25) is 0 Å². The number of nitrogens with one attached hydrogen (secondary N) is 1. The number of fused-ring (bicyclic) bond motifs is 1. The Morgan fingerprint density at radius 3 is 2.38 bits per heavy atom. The Hall–Kier alpha value is -4.04. The number of halogens is 1. The average molecular weight is 679 g/mol. The topological polar surface area (TPSA) is 179 Å². The van der Waals surface area contributed by atoms with E-state index in [2.05, 4.69) is 10.2 Å². The first-order valence-corrected chi connectivity index (χ1v) is 16.7. The molecule has 1 aliphatic rings. The summed E-state index contributed by atoms with van der Waals surface area (Å²) in [6.45, 7) is 5.60. The number of para-hydroxylation sites is 1. The van der Waals surface area contributed by atoms with Crippen molar-refractivity contribution in [2.75, 3.05) is 19.0 Å². The Labute approximate surface area is 271 Å². The minimum atomic E-state index is -4.53. The van der Waals surface area contributed by atoms with Crippen LogP contribution < -0.4 is 15.3 Å². The molecule has 3 N–H and O–H groups in total. The maximum atomic E-state index is 15.5. The van der Waals surface area contributed by atoms with Crippen LogP contribution in [0.1, 0.15) is 59.3 Å². The van der Waals surface area contributed by atoms with E-state index in [-0.39, 0.29) is 18.6 Å². The van der Waals surface area contributed by atoms with Gasteiger partial charge in [0.05, 0.1) is 29.6 Å². The molecule has 1 saturated heterocycles. The van der Waals surface area contributed by atoms with Gasteiger partial charge < -0.3 is 29.2 Å². The van der Waals surface area contributed by atoms with Gasteiger partial charge in [-0.1, -0.05) is 32.0 Å². The summed E-state index contributed by atoms with van der Waals surface area (Å²) in [5.41, 5.74) is 5.12. The fourth-order valence-electron chi connectivity index (χ4n) is 4.90. The lowest BCUT2D eigenvalue weighted by atomic mass is 9.95. The van der Waals surface area contributed by atoms with Crippen LogP contribution in [0.4, 0.5) is 10.1 Å². The summed E-state index contributed by atoms with van der Waals surface area (Å²) in [5, 5.41) is 6.86. The zero-order valence-corrected chi connectivity index (χ0v) is 27.7. The summed E-state index contributed by atoms with van der Waals surface area (Å²) in [6.07, 6.45) is -3.39. The molecule has 14 nitrogen and oxygen atoms in total. The molecule has 3 aromatic rings. The number of esters is 3. The van der Waals surface area contributed by atoms with E-state index in [1.807, 2.05) is 0 Å². The number of hydrogen-bond acceptors (Lipinski definition) is 12. The summed E-state index contributed by atoms with van der Waals surface area (Å²) in [4.78, 5) is 38.0. The summed E-state index contributed by atoms with van der Waals surface area (Å²) in [5.74, 6) is -2.06. The highest BCUT2D eigenvalue weighted by Crippen LogP contribution is 2.50. The molecule has 0 radical (unpaired) electrons. The minimum Gasteiger partial charge on any atom is -0.462 e. The number of aromatic nitrogens is 2. The average Bonchev–Trinajstić information content (AvgIpc) is 3.60. The highest BCUT2D eigenvalue weighted by atomic mass is 31.2. The van der Waals surface area contributed by atoms with Gasteiger partial charge in [-0.3, -0.25) is 18.9 Å². The number of nitrogens with two attached hydrogens (primary N) is 1. The zero-order chi connectivity index (χ0) is 34.4. The Morgan fingerprint density at radius 2 is 1.74 bits per heavy atom. The van der Waals surface area contributed by atoms with E-state index in [9.17, 15) is 18.9 Å². The molecule has 1 fully saturated rings. The van der Waals surface area contributed by atoms with Crippen molar-refractivity contribution >= 4 is 36.9 Å². The van der Waals surface area contributed by atoms with Crippen molar-refractivity contribution in [3.63, 3.8) is 0 Å². The van der Waals surface area contributed by atoms with Crippen LogP contribution in [0.25, 0.3) is 5.52 Å². The molecule has 16 heteroatoms. The maximum absolute atomic E-state index is 15.5. The Kier molecular flexibility index (Phi) is 11.6. The summed E-state index contributed by atoms with van der Waals surface area (Å²) >= 11 is 0. The first-order valence-electron chi connectivity index (χ1n) is 15.2. The number of anilines is 1. The molecule has 3 heterocycles. The van der Waals surface area contributed by atoms with Crippen LogP contribution in [0.15, 0.2) is 54.7 Å². The smallest absolute Gasteiger partial charge is 0.459 e. The first-order chi connectivity index (χ1) is 22.3. The van der Waals surface area contributed by atoms with Gasteiger partial charge in [0.2, 0.25) is 0 Å². The molecule has 0 amide bonds. The molecule has 4 rings (SSSR count). The van der Waals surface area contributed by atoms with Crippen LogP contribution in [0.5, 0.6) is 5.75 Å². The molecule has 0 bridgehead atoms. The Morgan fingerprint density at radius 1 is 1.06 bits per heavy atom. The molecular formula is C31H40FN4O10P. The molecule has 256 valence electrons. The first kappa shape index (κ1) is 35.8. The predicted octanol–water partition coefficient (Wildman–Crippen LogP) is 4.47. The fraction of sp³-hybridized carbons (Fsp3) is 0.484. The third-order valence-corrected chi connectivity index (χ3v) is 8.84. The van der Waals surface area contributed by atoms with E-state index in [0.29, 0.717) is 16.9 Å². The molecule has 6 atom stereocenters. The lowest BCUT2D eigenvalue weighted by molar-refractivity contribution is -0.174. The normalized spacial score (nSPS) is 22.8. The number of ether oxygens (including phenoxy) is 4. The third kappa shape index (κ3) is 8.28. The highest BCUT2D eigenvalue weighted by molar-refractivity contribution is 7.52. The largest absolute Gasteiger partial charge is 0.462 e. The molecule has 1 aliphatic heterocycles. The fourth-order valence-corrected chi connectivity index (χ4v) is 6.44. The van der Waals surface area contributed by atoms with Crippen LogP contribution in [0, 0.1) is 0 Å². The van der Waals surface area contributed by atoms with Gasteiger partial charge in [0.15, 0.2) is 17.8 Å². The number of carbonyl (C=O) groups is 3. The molecule has 0 unspecified atom stereocenters. The Balaban J connectivity index is 1.76. The predicted molar refractivity (Wildman–Crippen MR) is 167 cm³/mol. The molecular weight excluding hydrogens is 638 g/mol. The van der Waals surface area contributed by atoms with E-state index in [4.69, 9.17) is 33.7 Å². The van der Waals surface area contributed by atoms with Crippen LogP contribution in [0.3, 0.4) is 0 Å². The Bertz CT molecular complexity index is 1610. The molecule has 47 heavy (non-hydrogen) atoms. The van der Waals surface area contributed by atoms with Crippen LogP contribution >= 0.6 is 7.75 Å². The van der Waals surface area contributed by atoms with Crippen molar-refractivity contribution in [3.8, 4) is 5.75 Å². The van der Waals surface area contributed by atoms with Crippen molar-refractivity contribution in [2.24, 2.45) is 0 Å². The summed E-state index contributed by atoms with van der Waals surface area (Å²) in [6, 6.07) is 11.6. The van der Waals surface area contributed by atoms with Crippen molar-refractivity contribution in [3.05, 3.63) is 60.4 Å². The van der Waals surface area contributed by atoms with Gasteiger partial charge in [-0.15, -0.1) is 0 Å². The lowest BCUT2D eigenvalue weighted by Crippen LogP contribution is -2.52. The molecule has 0 saturated carbocycles. The number of nitrogens with zero attached hydrogens (tertiary/aromatic N) is 2. The van der Waals surface area contributed by atoms with Gasteiger partial charge >= 0.3 is 25.7 Å². The van der Waals surface area contributed by atoms with Crippen molar-refractivity contribution in [1.29, 1.82) is 0 Å². The monoisotopic (exact) mass is 678 g/mol. The van der Waals surface area contributed by atoms with Crippen molar-refractivity contribution in [1.82, 2.24) is 14.7 Å². The second-order valence-corrected chi connectivity index (χ2v) is 12.9. The number of rotatable bonds is 15. The molecule has 0 spiro atoms.